The highest BCUT2D eigenvalue weighted by atomic mass is 32.2. The summed E-state index contributed by atoms with van der Waals surface area (Å²) in [5.41, 5.74) is 4.25. The number of nitrogen functional groups attached to an aromatic ring is 1. The summed E-state index contributed by atoms with van der Waals surface area (Å²) in [6.45, 7) is 8.56. The van der Waals surface area contributed by atoms with E-state index < -0.39 is 0 Å². The lowest BCUT2D eigenvalue weighted by molar-refractivity contribution is 0.291. The van der Waals surface area contributed by atoms with Crippen LogP contribution in [0.1, 0.15) is 48.0 Å². The van der Waals surface area contributed by atoms with Crippen LogP contribution in [0.5, 0.6) is 11.5 Å². The second kappa shape index (κ2) is 9.17. The van der Waals surface area contributed by atoms with Crippen LogP contribution in [0.25, 0.3) is 0 Å². The average molecular weight is 414 g/mol. The third kappa shape index (κ3) is 4.82. The second-order valence-corrected chi connectivity index (χ2v) is 8.06. The maximum atomic E-state index is 6.16. The summed E-state index contributed by atoms with van der Waals surface area (Å²) in [5, 5.41) is 8.95. The van der Waals surface area contributed by atoms with Crippen molar-refractivity contribution in [2.45, 2.75) is 51.1 Å². The first-order valence-electron chi connectivity index (χ1n) is 9.44. The molecular formula is C21H27N5O2S. The van der Waals surface area contributed by atoms with Gasteiger partial charge in [0.1, 0.15) is 18.1 Å². The summed E-state index contributed by atoms with van der Waals surface area (Å²) in [6, 6.07) is 8.06. The summed E-state index contributed by atoms with van der Waals surface area (Å²) >= 11 is 1.48. The van der Waals surface area contributed by atoms with Gasteiger partial charge in [-0.3, -0.25) is 4.98 Å². The number of nitrogens with two attached hydrogens (primary N) is 1. The van der Waals surface area contributed by atoms with E-state index >= 15 is 0 Å². The minimum absolute atomic E-state index is 0.251. The number of ether oxygens (including phenoxy) is 2. The molecule has 0 bridgehead atoms. The van der Waals surface area contributed by atoms with Gasteiger partial charge >= 0.3 is 0 Å². The van der Waals surface area contributed by atoms with Crippen LogP contribution in [-0.2, 0) is 12.4 Å². The Morgan fingerprint density at radius 3 is 2.52 bits per heavy atom. The van der Waals surface area contributed by atoms with E-state index in [0.717, 1.165) is 28.3 Å². The van der Waals surface area contributed by atoms with Gasteiger partial charge in [0.2, 0.25) is 5.16 Å². The van der Waals surface area contributed by atoms with Crippen molar-refractivity contribution in [2.24, 2.45) is 0 Å². The Kier molecular flexibility index (Phi) is 6.64. The van der Waals surface area contributed by atoms with Crippen LogP contribution in [0.3, 0.4) is 0 Å². The van der Waals surface area contributed by atoms with Crippen molar-refractivity contribution in [1.82, 2.24) is 19.9 Å². The fourth-order valence-corrected chi connectivity index (χ4v) is 3.85. The molecule has 3 aromatic rings. The molecule has 0 fully saturated rings. The van der Waals surface area contributed by atoms with E-state index in [2.05, 4.69) is 41.2 Å². The predicted octanol–water partition coefficient (Wildman–Crippen LogP) is 4.01. The zero-order valence-corrected chi connectivity index (χ0v) is 18.3. The number of aromatic nitrogens is 4. The summed E-state index contributed by atoms with van der Waals surface area (Å²) < 4.78 is 12.7. The lowest BCUT2D eigenvalue weighted by atomic mass is 10.0. The normalized spacial score (nSPS) is 11.1. The lowest BCUT2D eigenvalue weighted by Crippen LogP contribution is -2.15. The van der Waals surface area contributed by atoms with E-state index in [0.29, 0.717) is 22.7 Å². The Labute approximate surface area is 175 Å². The minimum atomic E-state index is 0.251. The molecule has 7 nitrogen and oxygen atoms in total. The SMILES string of the molecule is COc1c(C)cnc(CSc2nnc(COc3ccc(C(C)C)cc3)n2N)c1C. The zero-order chi connectivity index (χ0) is 21.0. The van der Waals surface area contributed by atoms with Gasteiger partial charge < -0.3 is 15.3 Å². The fraction of sp³-hybridized carbons (Fsp3) is 0.381. The Bertz CT molecular complexity index is 970. The molecule has 2 heterocycles. The number of hydrogen-bond acceptors (Lipinski definition) is 7. The van der Waals surface area contributed by atoms with E-state index in [-0.39, 0.29) is 6.61 Å². The van der Waals surface area contributed by atoms with E-state index in [9.17, 15) is 0 Å². The van der Waals surface area contributed by atoms with Crippen LogP contribution in [0.4, 0.5) is 0 Å². The largest absolute Gasteiger partial charge is 0.496 e. The third-order valence-corrected chi connectivity index (χ3v) is 5.69. The molecule has 0 atom stereocenters. The fourth-order valence-electron chi connectivity index (χ4n) is 2.95. The van der Waals surface area contributed by atoms with Crippen LogP contribution in [0.2, 0.25) is 0 Å². The van der Waals surface area contributed by atoms with Gasteiger partial charge in [0, 0.05) is 23.1 Å². The molecule has 3 rings (SSSR count). The van der Waals surface area contributed by atoms with Gasteiger partial charge in [0.25, 0.3) is 0 Å². The number of aryl methyl sites for hydroxylation is 1. The summed E-state index contributed by atoms with van der Waals surface area (Å²) in [5.74, 6) is 9.47. The highest BCUT2D eigenvalue weighted by molar-refractivity contribution is 7.98. The number of pyridine rings is 1. The Hall–Kier alpha value is -2.74. The van der Waals surface area contributed by atoms with Gasteiger partial charge in [-0.2, -0.15) is 0 Å². The van der Waals surface area contributed by atoms with Crippen LogP contribution in [0.15, 0.2) is 35.6 Å². The topological polar surface area (TPSA) is 88.1 Å². The van der Waals surface area contributed by atoms with E-state index in [1.807, 2.05) is 32.2 Å². The average Bonchev–Trinajstić information content (AvgIpc) is 3.06. The van der Waals surface area contributed by atoms with Crippen molar-refractivity contribution < 1.29 is 9.47 Å². The van der Waals surface area contributed by atoms with Crippen LogP contribution in [-0.4, -0.2) is 27.0 Å². The highest BCUT2D eigenvalue weighted by Gasteiger charge is 2.14. The first-order valence-corrected chi connectivity index (χ1v) is 10.4. The Morgan fingerprint density at radius 1 is 1.14 bits per heavy atom. The lowest BCUT2D eigenvalue weighted by Gasteiger charge is -2.12. The van der Waals surface area contributed by atoms with Crippen molar-refractivity contribution in [3.05, 3.63) is 58.7 Å². The first-order chi connectivity index (χ1) is 13.9. The summed E-state index contributed by atoms with van der Waals surface area (Å²) in [6.07, 6.45) is 1.82. The number of hydrogen-bond donors (Lipinski definition) is 1. The maximum absolute atomic E-state index is 6.16. The van der Waals surface area contributed by atoms with Crippen molar-refractivity contribution in [1.29, 1.82) is 0 Å². The molecule has 0 saturated heterocycles. The van der Waals surface area contributed by atoms with E-state index in [1.54, 1.807) is 7.11 Å². The first kappa shape index (κ1) is 21.0. The van der Waals surface area contributed by atoms with Gasteiger partial charge in [-0.1, -0.05) is 37.7 Å². The smallest absolute Gasteiger partial charge is 0.210 e. The number of thioether (sulfide) groups is 1. The third-order valence-electron chi connectivity index (χ3n) is 4.74. The molecule has 0 aliphatic heterocycles. The van der Waals surface area contributed by atoms with Crippen molar-refractivity contribution in [3.8, 4) is 11.5 Å². The van der Waals surface area contributed by atoms with Gasteiger partial charge in [0.05, 0.1) is 12.8 Å². The zero-order valence-electron chi connectivity index (χ0n) is 17.5. The molecule has 29 heavy (non-hydrogen) atoms. The molecule has 8 heteroatoms. The summed E-state index contributed by atoms with van der Waals surface area (Å²) in [4.78, 5) is 4.51. The Morgan fingerprint density at radius 2 is 1.86 bits per heavy atom. The van der Waals surface area contributed by atoms with Gasteiger partial charge in [0.15, 0.2) is 5.82 Å². The molecule has 2 N–H and O–H groups in total. The monoisotopic (exact) mass is 413 g/mol. The molecule has 0 aliphatic carbocycles. The van der Waals surface area contributed by atoms with E-state index in [4.69, 9.17) is 15.3 Å². The molecule has 0 amide bonds. The molecule has 2 aromatic heterocycles. The van der Waals surface area contributed by atoms with Crippen LogP contribution in [0, 0.1) is 13.8 Å². The second-order valence-electron chi connectivity index (χ2n) is 7.12. The molecular weight excluding hydrogens is 386 g/mol. The molecule has 0 spiro atoms. The van der Waals surface area contributed by atoms with Gasteiger partial charge in [-0.25, -0.2) is 4.68 Å². The summed E-state index contributed by atoms with van der Waals surface area (Å²) in [7, 11) is 1.67. The Balaban J connectivity index is 1.62. The van der Waals surface area contributed by atoms with Crippen molar-refractivity contribution in [3.63, 3.8) is 0 Å². The molecule has 0 radical (unpaired) electrons. The number of nitrogens with zero attached hydrogens (tertiary/aromatic N) is 4. The van der Waals surface area contributed by atoms with E-state index in [1.165, 1.54) is 22.0 Å². The van der Waals surface area contributed by atoms with Crippen LogP contribution >= 0.6 is 11.8 Å². The minimum Gasteiger partial charge on any atom is -0.496 e. The molecule has 0 saturated carbocycles. The number of methoxy groups -OCH3 is 1. The molecule has 0 unspecified atom stereocenters. The van der Waals surface area contributed by atoms with Gasteiger partial charge in [-0.15, -0.1) is 10.2 Å². The van der Waals surface area contributed by atoms with Crippen molar-refractivity contribution in [2.75, 3.05) is 13.0 Å². The number of benzene rings is 1. The predicted molar refractivity (Wildman–Crippen MR) is 115 cm³/mol. The number of rotatable bonds is 8. The maximum Gasteiger partial charge on any atom is 0.210 e. The highest BCUT2D eigenvalue weighted by Crippen LogP contribution is 2.28. The van der Waals surface area contributed by atoms with Crippen molar-refractivity contribution >= 4 is 11.8 Å². The van der Waals surface area contributed by atoms with Gasteiger partial charge in [-0.05, 0) is 37.5 Å². The van der Waals surface area contributed by atoms with Crippen LogP contribution < -0.4 is 15.3 Å². The quantitative estimate of drug-likeness (QED) is 0.441. The standard InChI is InChI=1S/C21H27N5O2S/c1-13(2)16-6-8-17(9-7-16)28-11-19-24-25-21(26(19)22)29-12-18-15(4)20(27-5)14(3)10-23-18/h6-10,13H,11-12,22H2,1-5H3. The molecule has 0 aliphatic rings. The molecule has 1 aromatic carbocycles. The molecule has 154 valence electrons.